The molecule has 3 nitrogen and oxygen atoms in total. The minimum atomic E-state index is -0.396. The third kappa shape index (κ3) is 2.33. The van der Waals surface area contributed by atoms with Gasteiger partial charge in [0.05, 0.1) is 6.61 Å². The second-order valence-corrected chi connectivity index (χ2v) is 6.08. The van der Waals surface area contributed by atoms with Crippen molar-refractivity contribution in [1.29, 1.82) is 0 Å². The summed E-state index contributed by atoms with van der Waals surface area (Å²) in [7, 11) is 0. The highest BCUT2D eigenvalue weighted by Gasteiger charge is 2.54. The second-order valence-electron chi connectivity index (χ2n) is 5.70. The predicted octanol–water partition coefficient (Wildman–Crippen LogP) is 2.97. The average molecular weight is 294 g/mol. The molecule has 0 amide bonds. The summed E-state index contributed by atoms with van der Waals surface area (Å²) < 4.78 is 5.27. The molecule has 0 bridgehead atoms. The van der Waals surface area contributed by atoms with E-state index in [-0.39, 0.29) is 5.97 Å². The van der Waals surface area contributed by atoms with Gasteiger partial charge in [-0.2, -0.15) is 0 Å². The van der Waals surface area contributed by atoms with Crippen LogP contribution in [0.4, 0.5) is 0 Å². The monoisotopic (exact) mass is 293 g/mol. The van der Waals surface area contributed by atoms with Crippen molar-refractivity contribution in [2.24, 2.45) is 0 Å². The van der Waals surface area contributed by atoms with E-state index in [4.69, 9.17) is 16.3 Å². The fourth-order valence-electron chi connectivity index (χ4n) is 3.58. The van der Waals surface area contributed by atoms with E-state index in [1.807, 2.05) is 18.2 Å². The highest BCUT2D eigenvalue weighted by molar-refractivity contribution is 6.17. The molecule has 0 aliphatic carbocycles. The molecule has 108 valence electrons. The molecule has 0 aromatic heterocycles. The lowest BCUT2D eigenvalue weighted by Gasteiger charge is -2.35. The highest BCUT2D eigenvalue weighted by Crippen LogP contribution is 2.42. The number of ether oxygens (including phenoxy) is 1. The van der Waals surface area contributed by atoms with Gasteiger partial charge in [0.2, 0.25) is 0 Å². The SMILES string of the molecule is O=C1OCC[C@@]12CC[C@@H](CCCl)N2Cc1ccccc1. The van der Waals surface area contributed by atoms with E-state index >= 15 is 0 Å². The lowest BCUT2D eigenvalue weighted by Crippen LogP contribution is -2.50. The summed E-state index contributed by atoms with van der Waals surface area (Å²) in [6.45, 7) is 1.36. The standard InChI is InChI=1S/C16H20ClNO2/c17-10-7-14-6-8-16(9-11-20-15(16)19)18(14)12-13-4-2-1-3-5-13/h1-5,14H,6-12H2/t14-,16-/m0/s1. The van der Waals surface area contributed by atoms with Crippen LogP contribution in [-0.2, 0) is 16.1 Å². The number of carbonyl (C=O) groups is 1. The summed E-state index contributed by atoms with van der Waals surface area (Å²) >= 11 is 5.94. The Morgan fingerprint density at radius 2 is 2.10 bits per heavy atom. The van der Waals surface area contributed by atoms with Crippen LogP contribution in [0.2, 0.25) is 0 Å². The number of hydrogen-bond donors (Lipinski definition) is 0. The van der Waals surface area contributed by atoms with Crippen molar-refractivity contribution in [3.63, 3.8) is 0 Å². The van der Waals surface area contributed by atoms with Crippen LogP contribution in [0.1, 0.15) is 31.2 Å². The number of carbonyl (C=O) groups excluding carboxylic acids is 1. The molecule has 4 heteroatoms. The normalized spacial score (nSPS) is 30.1. The van der Waals surface area contributed by atoms with Crippen LogP contribution in [0, 0.1) is 0 Å². The molecule has 2 saturated heterocycles. The molecule has 2 aliphatic rings. The zero-order valence-corrected chi connectivity index (χ0v) is 12.3. The molecule has 1 aromatic carbocycles. The van der Waals surface area contributed by atoms with Gasteiger partial charge in [-0.05, 0) is 24.8 Å². The topological polar surface area (TPSA) is 29.5 Å². The minimum Gasteiger partial charge on any atom is -0.464 e. The Labute approximate surface area is 124 Å². The van der Waals surface area contributed by atoms with Gasteiger partial charge in [0.15, 0.2) is 0 Å². The van der Waals surface area contributed by atoms with Crippen LogP contribution < -0.4 is 0 Å². The van der Waals surface area contributed by atoms with Crippen molar-refractivity contribution < 1.29 is 9.53 Å². The van der Waals surface area contributed by atoms with Crippen molar-refractivity contribution in [2.45, 2.75) is 43.8 Å². The Balaban J connectivity index is 1.86. The molecule has 1 aromatic rings. The van der Waals surface area contributed by atoms with Gasteiger partial charge in [-0.25, -0.2) is 0 Å². The Morgan fingerprint density at radius 1 is 1.30 bits per heavy atom. The third-order valence-electron chi connectivity index (χ3n) is 4.65. The molecule has 2 aliphatic heterocycles. The molecule has 0 saturated carbocycles. The van der Waals surface area contributed by atoms with Crippen LogP contribution in [0.15, 0.2) is 30.3 Å². The number of likely N-dealkylation sites (tertiary alicyclic amines) is 1. The number of nitrogens with zero attached hydrogens (tertiary/aromatic N) is 1. The van der Waals surface area contributed by atoms with Crippen LogP contribution in [0.25, 0.3) is 0 Å². The third-order valence-corrected chi connectivity index (χ3v) is 4.87. The Kier molecular flexibility index (Phi) is 3.99. The molecule has 2 heterocycles. The van der Waals surface area contributed by atoms with Crippen molar-refractivity contribution in [2.75, 3.05) is 12.5 Å². The average Bonchev–Trinajstić information content (AvgIpc) is 3.00. The smallest absolute Gasteiger partial charge is 0.326 e. The minimum absolute atomic E-state index is 0.0366. The van der Waals surface area contributed by atoms with E-state index in [0.717, 1.165) is 32.2 Å². The number of cyclic esters (lactones) is 1. The second kappa shape index (κ2) is 5.74. The van der Waals surface area contributed by atoms with E-state index in [9.17, 15) is 4.79 Å². The zero-order chi connectivity index (χ0) is 14.0. The summed E-state index contributed by atoms with van der Waals surface area (Å²) in [6, 6.07) is 10.7. The van der Waals surface area contributed by atoms with Crippen molar-refractivity contribution in [1.82, 2.24) is 4.90 Å². The van der Waals surface area contributed by atoms with Crippen molar-refractivity contribution in [3.05, 3.63) is 35.9 Å². The highest BCUT2D eigenvalue weighted by atomic mass is 35.5. The number of hydrogen-bond acceptors (Lipinski definition) is 3. The number of rotatable bonds is 4. The molecule has 3 rings (SSSR count). The van der Waals surface area contributed by atoms with Crippen LogP contribution in [0.5, 0.6) is 0 Å². The summed E-state index contributed by atoms with van der Waals surface area (Å²) in [5.74, 6) is 0.603. The van der Waals surface area contributed by atoms with Gasteiger partial charge in [0.25, 0.3) is 0 Å². The Hall–Kier alpha value is -1.06. The van der Waals surface area contributed by atoms with Crippen molar-refractivity contribution >= 4 is 17.6 Å². The van der Waals surface area contributed by atoms with Crippen LogP contribution >= 0.6 is 11.6 Å². The molecule has 2 fully saturated rings. The number of alkyl halides is 1. The number of benzene rings is 1. The molecule has 1 spiro atoms. The van der Waals surface area contributed by atoms with Gasteiger partial charge < -0.3 is 4.74 Å². The fourth-order valence-corrected chi connectivity index (χ4v) is 3.83. The first-order chi connectivity index (χ1) is 9.76. The van der Waals surface area contributed by atoms with E-state index in [0.29, 0.717) is 18.5 Å². The quantitative estimate of drug-likeness (QED) is 0.631. The van der Waals surface area contributed by atoms with E-state index < -0.39 is 5.54 Å². The Morgan fingerprint density at radius 3 is 2.75 bits per heavy atom. The maximum absolute atomic E-state index is 12.3. The van der Waals surface area contributed by atoms with E-state index in [2.05, 4.69) is 17.0 Å². The predicted molar refractivity (Wildman–Crippen MR) is 78.7 cm³/mol. The van der Waals surface area contributed by atoms with Gasteiger partial charge in [-0.1, -0.05) is 30.3 Å². The van der Waals surface area contributed by atoms with Gasteiger partial charge in [0, 0.05) is 24.9 Å². The van der Waals surface area contributed by atoms with Gasteiger partial charge in [-0.3, -0.25) is 9.69 Å². The largest absolute Gasteiger partial charge is 0.464 e. The van der Waals surface area contributed by atoms with Gasteiger partial charge >= 0.3 is 5.97 Å². The maximum atomic E-state index is 12.3. The number of esters is 1. The maximum Gasteiger partial charge on any atom is 0.326 e. The summed E-state index contributed by atoms with van der Waals surface area (Å²) in [6.07, 6.45) is 3.69. The van der Waals surface area contributed by atoms with E-state index in [1.54, 1.807) is 0 Å². The first-order valence-corrected chi connectivity index (χ1v) is 7.83. The Bertz CT molecular complexity index is 479. The van der Waals surface area contributed by atoms with Crippen molar-refractivity contribution in [3.8, 4) is 0 Å². The molecular weight excluding hydrogens is 274 g/mol. The fraction of sp³-hybridized carbons (Fsp3) is 0.562. The summed E-state index contributed by atoms with van der Waals surface area (Å²) in [5, 5.41) is 0. The first kappa shape index (κ1) is 13.9. The summed E-state index contributed by atoms with van der Waals surface area (Å²) in [5.41, 5.74) is 0.847. The lowest BCUT2D eigenvalue weighted by atomic mass is 9.94. The molecule has 0 unspecified atom stereocenters. The molecule has 20 heavy (non-hydrogen) atoms. The van der Waals surface area contributed by atoms with Crippen LogP contribution in [-0.4, -0.2) is 34.9 Å². The molecule has 2 atom stereocenters. The summed E-state index contributed by atoms with van der Waals surface area (Å²) in [4.78, 5) is 14.6. The molecule has 0 radical (unpaired) electrons. The first-order valence-electron chi connectivity index (χ1n) is 7.30. The van der Waals surface area contributed by atoms with Gasteiger partial charge in [0.1, 0.15) is 5.54 Å². The van der Waals surface area contributed by atoms with Crippen LogP contribution in [0.3, 0.4) is 0 Å². The van der Waals surface area contributed by atoms with Gasteiger partial charge in [-0.15, -0.1) is 11.6 Å². The number of halogens is 1. The van der Waals surface area contributed by atoms with E-state index in [1.165, 1.54) is 5.56 Å². The lowest BCUT2D eigenvalue weighted by molar-refractivity contribution is -0.147. The molecule has 0 N–H and O–H groups in total. The zero-order valence-electron chi connectivity index (χ0n) is 11.6. The molecular formula is C16H20ClNO2.